The van der Waals surface area contributed by atoms with Gasteiger partial charge >= 0.3 is 0 Å². The third-order valence-electron chi connectivity index (χ3n) is 2.46. The second kappa shape index (κ2) is 6.65. The van der Waals surface area contributed by atoms with Gasteiger partial charge in [-0.2, -0.15) is 0 Å². The minimum atomic E-state index is -0.395. The van der Waals surface area contributed by atoms with Crippen molar-refractivity contribution in [3.63, 3.8) is 0 Å². The van der Waals surface area contributed by atoms with Crippen molar-refractivity contribution in [3.8, 4) is 5.88 Å². The van der Waals surface area contributed by atoms with Crippen molar-refractivity contribution in [2.24, 2.45) is 0 Å². The number of aromatic nitrogens is 1. The van der Waals surface area contributed by atoms with Crippen LogP contribution in [-0.4, -0.2) is 20.6 Å². The van der Waals surface area contributed by atoms with Gasteiger partial charge in [-0.3, -0.25) is 10.4 Å². The first-order valence-corrected chi connectivity index (χ1v) is 5.82. The Kier molecular flexibility index (Phi) is 4.65. The summed E-state index contributed by atoms with van der Waals surface area (Å²) in [6.45, 7) is 0.270. The average molecular weight is 276 g/mol. The van der Waals surface area contributed by atoms with Gasteiger partial charge < -0.3 is 4.74 Å². The molecule has 104 valence electrons. The summed E-state index contributed by atoms with van der Waals surface area (Å²) >= 11 is 0. The molecule has 0 aliphatic heterocycles. The highest BCUT2D eigenvalue weighted by Crippen LogP contribution is 2.12. The number of nitrogens with zero attached hydrogens (tertiary/aromatic N) is 2. The number of hydroxylamine groups is 2. The van der Waals surface area contributed by atoms with Gasteiger partial charge in [0.25, 0.3) is 0 Å². The Bertz CT molecular complexity index is 585. The standard InChI is InChI=1S/C14H13FN2O3/c15-13-5-7-16-14(9-13)20-10-12-3-1-11(2-4-12)6-8-17(18)19/h1-9,18-19H,10H2/b8-6+. The summed E-state index contributed by atoms with van der Waals surface area (Å²) in [5.74, 6) is -0.168. The molecule has 6 heteroatoms. The summed E-state index contributed by atoms with van der Waals surface area (Å²) in [4.78, 5) is 3.89. The number of hydrogen-bond donors (Lipinski definition) is 2. The van der Waals surface area contributed by atoms with E-state index >= 15 is 0 Å². The van der Waals surface area contributed by atoms with E-state index in [1.807, 2.05) is 12.1 Å². The molecule has 0 spiro atoms. The Morgan fingerprint density at radius 3 is 2.60 bits per heavy atom. The van der Waals surface area contributed by atoms with Crippen LogP contribution in [-0.2, 0) is 6.61 Å². The lowest BCUT2D eigenvalue weighted by Gasteiger charge is -2.05. The normalized spacial score (nSPS) is 10.8. The molecule has 5 nitrogen and oxygen atoms in total. The fourth-order valence-electron chi connectivity index (χ4n) is 1.50. The zero-order chi connectivity index (χ0) is 14.4. The summed E-state index contributed by atoms with van der Waals surface area (Å²) in [5.41, 5.74) is 1.68. The van der Waals surface area contributed by atoms with E-state index in [1.54, 1.807) is 12.1 Å². The molecular formula is C14H13FN2O3. The van der Waals surface area contributed by atoms with Crippen LogP contribution in [0.5, 0.6) is 5.88 Å². The van der Waals surface area contributed by atoms with Crippen molar-refractivity contribution in [2.75, 3.05) is 0 Å². The Balaban J connectivity index is 1.94. The van der Waals surface area contributed by atoms with Gasteiger partial charge in [0.15, 0.2) is 0 Å². The molecule has 0 atom stereocenters. The van der Waals surface area contributed by atoms with Crippen molar-refractivity contribution in [3.05, 3.63) is 65.7 Å². The second-order valence-electron chi connectivity index (χ2n) is 3.98. The fourth-order valence-corrected chi connectivity index (χ4v) is 1.50. The fraction of sp³-hybridized carbons (Fsp3) is 0.0714. The lowest BCUT2D eigenvalue weighted by atomic mass is 10.1. The molecule has 1 aromatic heterocycles. The topological polar surface area (TPSA) is 65.8 Å². The van der Waals surface area contributed by atoms with Gasteiger partial charge in [0.1, 0.15) is 12.4 Å². The van der Waals surface area contributed by atoms with Crippen LogP contribution >= 0.6 is 0 Å². The molecule has 0 saturated heterocycles. The van der Waals surface area contributed by atoms with Crippen LogP contribution in [0.15, 0.2) is 48.8 Å². The van der Waals surface area contributed by atoms with Gasteiger partial charge in [0.05, 0.1) is 6.20 Å². The summed E-state index contributed by atoms with van der Waals surface area (Å²) in [6, 6.07) is 9.68. The molecule has 0 amide bonds. The van der Waals surface area contributed by atoms with Crippen molar-refractivity contribution < 1.29 is 19.5 Å². The lowest BCUT2D eigenvalue weighted by Crippen LogP contribution is -2.02. The van der Waals surface area contributed by atoms with Crippen molar-refractivity contribution in [1.82, 2.24) is 10.2 Å². The van der Waals surface area contributed by atoms with Crippen LogP contribution in [0, 0.1) is 5.82 Å². The first kappa shape index (κ1) is 14.0. The molecule has 0 unspecified atom stereocenters. The molecule has 0 bridgehead atoms. The van der Waals surface area contributed by atoms with Crippen LogP contribution < -0.4 is 4.74 Å². The van der Waals surface area contributed by atoms with Gasteiger partial charge in [0.2, 0.25) is 5.88 Å². The highest BCUT2D eigenvalue weighted by Gasteiger charge is 1.99. The zero-order valence-electron chi connectivity index (χ0n) is 10.5. The first-order chi connectivity index (χ1) is 9.63. The number of halogens is 1. The maximum absolute atomic E-state index is 12.9. The Morgan fingerprint density at radius 2 is 1.95 bits per heavy atom. The van der Waals surface area contributed by atoms with E-state index in [9.17, 15) is 4.39 Å². The van der Waals surface area contributed by atoms with Gasteiger partial charge in [-0.25, -0.2) is 9.37 Å². The van der Waals surface area contributed by atoms with Crippen LogP contribution in [0.2, 0.25) is 0 Å². The second-order valence-corrected chi connectivity index (χ2v) is 3.98. The van der Waals surface area contributed by atoms with Crippen LogP contribution in [0.4, 0.5) is 4.39 Å². The summed E-state index contributed by atoms with van der Waals surface area (Å²) in [5, 5.41) is 17.1. The number of ether oxygens (including phenoxy) is 1. The molecule has 2 N–H and O–H groups in total. The van der Waals surface area contributed by atoms with Crippen LogP contribution in [0.25, 0.3) is 6.08 Å². The molecule has 0 radical (unpaired) electrons. The SMILES string of the molecule is ON(O)/C=C/c1ccc(COc2cc(F)ccn2)cc1. The molecule has 0 aliphatic carbocycles. The number of hydrogen-bond acceptors (Lipinski definition) is 5. The summed E-state index contributed by atoms with van der Waals surface area (Å²) in [6.07, 6.45) is 3.97. The molecule has 1 aromatic carbocycles. The monoisotopic (exact) mass is 276 g/mol. The number of rotatable bonds is 5. The third-order valence-corrected chi connectivity index (χ3v) is 2.46. The predicted octanol–water partition coefficient (Wildman–Crippen LogP) is 2.85. The van der Waals surface area contributed by atoms with Gasteiger partial charge in [-0.15, -0.1) is 5.23 Å². The van der Waals surface area contributed by atoms with Crippen LogP contribution in [0.1, 0.15) is 11.1 Å². The Labute approximate surface area is 115 Å². The first-order valence-electron chi connectivity index (χ1n) is 5.82. The molecule has 0 fully saturated rings. The maximum Gasteiger partial charge on any atom is 0.216 e. The quantitative estimate of drug-likeness (QED) is 0.822. The smallest absolute Gasteiger partial charge is 0.216 e. The van der Waals surface area contributed by atoms with Gasteiger partial charge in [-0.05, 0) is 23.3 Å². The summed E-state index contributed by atoms with van der Waals surface area (Å²) in [7, 11) is 0. The minimum Gasteiger partial charge on any atom is -0.473 e. The highest BCUT2D eigenvalue weighted by molar-refractivity contribution is 5.48. The molecule has 1 heterocycles. The van der Waals surface area contributed by atoms with E-state index in [1.165, 1.54) is 24.4 Å². The van der Waals surface area contributed by atoms with Gasteiger partial charge in [-0.1, -0.05) is 24.3 Å². The molecule has 0 saturated carbocycles. The van der Waals surface area contributed by atoms with E-state index in [0.717, 1.165) is 17.3 Å². The number of pyridine rings is 1. The minimum absolute atomic E-state index is 0.0212. The number of benzene rings is 1. The lowest BCUT2D eigenvalue weighted by molar-refractivity contribution is -0.266. The molecular weight excluding hydrogens is 263 g/mol. The molecule has 2 rings (SSSR count). The molecule has 2 aromatic rings. The van der Waals surface area contributed by atoms with Crippen LogP contribution in [0.3, 0.4) is 0 Å². The van der Waals surface area contributed by atoms with Gasteiger partial charge in [0, 0.05) is 12.3 Å². The van der Waals surface area contributed by atoms with Crippen molar-refractivity contribution in [2.45, 2.75) is 6.61 Å². The third kappa shape index (κ3) is 4.34. The van der Waals surface area contributed by atoms with Crippen molar-refractivity contribution in [1.29, 1.82) is 0 Å². The largest absolute Gasteiger partial charge is 0.473 e. The van der Waals surface area contributed by atoms with E-state index < -0.39 is 5.82 Å². The Hall–Kier alpha value is -2.44. The molecule has 20 heavy (non-hydrogen) atoms. The predicted molar refractivity (Wildman–Crippen MR) is 69.4 cm³/mol. The van der Waals surface area contributed by atoms with E-state index in [-0.39, 0.29) is 17.7 Å². The van der Waals surface area contributed by atoms with E-state index in [0.29, 0.717) is 0 Å². The highest BCUT2D eigenvalue weighted by atomic mass is 19.1. The van der Waals surface area contributed by atoms with E-state index in [4.69, 9.17) is 15.2 Å². The average Bonchev–Trinajstić information content (AvgIpc) is 2.44. The Morgan fingerprint density at radius 1 is 1.20 bits per heavy atom. The van der Waals surface area contributed by atoms with E-state index in [2.05, 4.69) is 4.98 Å². The summed E-state index contributed by atoms with van der Waals surface area (Å²) < 4.78 is 18.3. The van der Waals surface area contributed by atoms with Crippen molar-refractivity contribution >= 4 is 6.08 Å². The zero-order valence-corrected chi connectivity index (χ0v) is 10.5. The maximum atomic E-state index is 12.9. The molecule has 0 aliphatic rings.